The lowest BCUT2D eigenvalue weighted by Crippen LogP contribution is -2.06. The van der Waals surface area contributed by atoms with E-state index in [0.717, 1.165) is 0 Å². The third kappa shape index (κ3) is 3.85. The van der Waals surface area contributed by atoms with Crippen molar-refractivity contribution in [1.82, 2.24) is 4.98 Å². The van der Waals surface area contributed by atoms with Crippen LogP contribution in [0.25, 0.3) is 0 Å². The number of pyridine rings is 1. The monoisotopic (exact) mass is 268 g/mol. The zero-order chi connectivity index (χ0) is 13.7. The van der Waals surface area contributed by atoms with Crippen LogP contribution < -0.4 is 4.74 Å². The molecule has 0 aromatic carbocycles. The molecule has 1 heterocycles. The van der Waals surface area contributed by atoms with Crippen molar-refractivity contribution in [3.63, 3.8) is 0 Å². The highest BCUT2D eigenvalue weighted by Crippen LogP contribution is 2.22. The Morgan fingerprint density at radius 1 is 1.44 bits per heavy atom. The summed E-state index contributed by atoms with van der Waals surface area (Å²) in [6.07, 6.45) is 3.01. The first kappa shape index (κ1) is 14.2. The zero-order valence-electron chi connectivity index (χ0n) is 10.3. The van der Waals surface area contributed by atoms with Crippen LogP contribution in [0.4, 0.5) is 0 Å². The Hall–Kier alpha value is -1.88. The summed E-state index contributed by atoms with van der Waals surface area (Å²) in [4.78, 5) is 18.6. The molecule has 1 rings (SSSR count). The predicted octanol–water partition coefficient (Wildman–Crippen LogP) is 2.91. The minimum Gasteiger partial charge on any atom is -0.478 e. The van der Waals surface area contributed by atoms with Gasteiger partial charge in [-0.1, -0.05) is 11.6 Å². The average Bonchev–Trinajstić information content (AvgIpc) is 2.30. The summed E-state index contributed by atoms with van der Waals surface area (Å²) in [5.74, 6) is -0.340. The first-order valence-electron chi connectivity index (χ1n) is 5.15. The number of halogens is 1. The van der Waals surface area contributed by atoms with Crippen molar-refractivity contribution in [2.75, 3.05) is 0 Å². The van der Waals surface area contributed by atoms with Crippen LogP contribution in [0.15, 0.2) is 34.7 Å². The van der Waals surface area contributed by atoms with Crippen LogP contribution in [0, 0.1) is 0 Å². The summed E-state index contributed by atoms with van der Waals surface area (Å²) >= 11 is 5.89. The van der Waals surface area contributed by atoms with Crippen LogP contribution >= 0.6 is 11.6 Å². The summed E-state index contributed by atoms with van der Waals surface area (Å²) in [5.41, 5.74) is 0.537. The summed E-state index contributed by atoms with van der Waals surface area (Å²) in [7, 11) is 0. The van der Waals surface area contributed by atoms with E-state index in [1.807, 2.05) is 0 Å². The summed E-state index contributed by atoms with van der Waals surface area (Å²) < 4.78 is 5.37. The van der Waals surface area contributed by atoms with Crippen LogP contribution in [-0.4, -0.2) is 22.0 Å². The Morgan fingerprint density at radius 2 is 2.11 bits per heavy atom. The molecule has 1 aromatic rings. The Balaban J connectivity index is 2.90. The molecule has 0 fully saturated rings. The van der Waals surface area contributed by atoms with Gasteiger partial charge in [0, 0.05) is 13.1 Å². The molecule has 6 heteroatoms. The summed E-state index contributed by atoms with van der Waals surface area (Å²) in [5, 5.41) is 9.21. The third-order valence-electron chi connectivity index (χ3n) is 2.18. The van der Waals surface area contributed by atoms with Crippen LogP contribution in [0.3, 0.4) is 0 Å². The highest BCUT2D eigenvalue weighted by molar-refractivity contribution is 6.32. The SMILES string of the molecule is CC(=N/C(C)=C(\C)C(=O)O)Oc1cnccc1Cl. The van der Waals surface area contributed by atoms with Gasteiger partial charge in [-0.15, -0.1) is 0 Å². The summed E-state index contributed by atoms with van der Waals surface area (Å²) in [6.45, 7) is 4.69. The molecule has 18 heavy (non-hydrogen) atoms. The van der Waals surface area contributed by atoms with Gasteiger partial charge in [0.25, 0.3) is 0 Å². The second kappa shape index (κ2) is 6.16. The first-order valence-corrected chi connectivity index (χ1v) is 5.53. The second-order valence-corrected chi connectivity index (χ2v) is 3.96. The lowest BCUT2D eigenvalue weighted by Gasteiger charge is -2.06. The number of carbonyl (C=O) groups is 1. The molecule has 0 aliphatic rings. The molecule has 0 unspecified atom stereocenters. The van der Waals surface area contributed by atoms with E-state index in [4.69, 9.17) is 21.4 Å². The molecule has 0 aliphatic carbocycles. The first-order chi connectivity index (χ1) is 8.41. The fourth-order valence-electron chi connectivity index (χ4n) is 1.09. The number of carboxylic acid groups (broad SMARTS) is 1. The number of hydrogen-bond donors (Lipinski definition) is 1. The number of allylic oxidation sites excluding steroid dienone is 1. The van der Waals surface area contributed by atoms with E-state index >= 15 is 0 Å². The van der Waals surface area contributed by atoms with Gasteiger partial charge in [-0.3, -0.25) is 4.98 Å². The highest BCUT2D eigenvalue weighted by atomic mass is 35.5. The molecule has 0 radical (unpaired) electrons. The topological polar surface area (TPSA) is 71.8 Å². The van der Waals surface area contributed by atoms with Crippen molar-refractivity contribution in [3.8, 4) is 5.75 Å². The quantitative estimate of drug-likeness (QED) is 0.520. The Kier molecular flexibility index (Phi) is 4.85. The molecule has 0 atom stereocenters. The molecule has 0 spiro atoms. The predicted molar refractivity (Wildman–Crippen MR) is 69.0 cm³/mol. The average molecular weight is 269 g/mol. The molecule has 0 bridgehead atoms. The van der Waals surface area contributed by atoms with Gasteiger partial charge in [0.2, 0.25) is 0 Å². The van der Waals surface area contributed by atoms with Crippen molar-refractivity contribution < 1.29 is 14.6 Å². The smallest absolute Gasteiger partial charge is 0.333 e. The molecule has 5 nitrogen and oxygen atoms in total. The van der Waals surface area contributed by atoms with E-state index in [2.05, 4.69) is 9.98 Å². The molecular weight excluding hydrogens is 256 g/mol. The van der Waals surface area contributed by atoms with Crippen molar-refractivity contribution >= 4 is 23.5 Å². The highest BCUT2D eigenvalue weighted by Gasteiger charge is 2.06. The standard InChI is InChI=1S/C12H13ClN2O3/c1-7(12(16)17)8(2)15-9(3)18-11-6-14-5-4-10(11)13/h4-6H,1-3H3,(H,16,17)/b8-7+,15-9?. The molecule has 1 N–H and O–H groups in total. The van der Waals surface area contributed by atoms with E-state index in [9.17, 15) is 4.79 Å². The minimum absolute atomic E-state index is 0.162. The number of nitrogens with zero attached hydrogens (tertiary/aromatic N) is 2. The maximum Gasteiger partial charge on any atom is 0.333 e. The lowest BCUT2D eigenvalue weighted by molar-refractivity contribution is -0.132. The van der Waals surface area contributed by atoms with Crippen molar-refractivity contribution in [1.29, 1.82) is 0 Å². The van der Waals surface area contributed by atoms with E-state index in [1.165, 1.54) is 13.1 Å². The van der Waals surface area contributed by atoms with Gasteiger partial charge in [0.05, 0.1) is 22.5 Å². The second-order valence-electron chi connectivity index (χ2n) is 3.55. The summed E-state index contributed by atoms with van der Waals surface area (Å²) in [6, 6.07) is 1.59. The number of aromatic nitrogens is 1. The van der Waals surface area contributed by atoms with E-state index in [0.29, 0.717) is 22.4 Å². The van der Waals surface area contributed by atoms with Gasteiger partial charge in [-0.05, 0) is 19.9 Å². The molecule has 0 saturated carbocycles. The molecule has 0 saturated heterocycles. The van der Waals surface area contributed by atoms with Gasteiger partial charge in [0.15, 0.2) is 11.6 Å². The zero-order valence-corrected chi connectivity index (χ0v) is 11.0. The van der Waals surface area contributed by atoms with Crippen molar-refractivity contribution in [3.05, 3.63) is 34.8 Å². The molecule has 0 amide bonds. The van der Waals surface area contributed by atoms with Gasteiger partial charge in [0.1, 0.15) is 0 Å². The van der Waals surface area contributed by atoms with Crippen molar-refractivity contribution in [2.24, 2.45) is 4.99 Å². The molecule has 0 aliphatic heterocycles. The van der Waals surface area contributed by atoms with Crippen LogP contribution in [0.2, 0.25) is 5.02 Å². The Labute approximate surface area is 110 Å². The van der Waals surface area contributed by atoms with Crippen LogP contribution in [0.5, 0.6) is 5.75 Å². The largest absolute Gasteiger partial charge is 0.478 e. The minimum atomic E-state index is -1.01. The maximum atomic E-state index is 10.7. The van der Waals surface area contributed by atoms with Gasteiger partial charge in [-0.25, -0.2) is 9.79 Å². The maximum absolute atomic E-state index is 10.7. The number of aliphatic imine (C=N–C) groups is 1. The van der Waals surface area contributed by atoms with Gasteiger partial charge in [-0.2, -0.15) is 0 Å². The van der Waals surface area contributed by atoms with Crippen LogP contribution in [0.1, 0.15) is 20.8 Å². The lowest BCUT2D eigenvalue weighted by atomic mass is 10.2. The molecule has 1 aromatic heterocycles. The molecule has 96 valence electrons. The third-order valence-corrected chi connectivity index (χ3v) is 2.49. The van der Waals surface area contributed by atoms with Crippen LogP contribution in [-0.2, 0) is 4.79 Å². The fraction of sp³-hybridized carbons (Fsp3) is 0.250. The molecular formula is C12H13ClN2O3. The fourth-order valence-corrected chi connectivity index (χ4v) is 1.24. The number of hydrogen-bond acceptors (Lipinski definition) is 4. The number of rotatable bonds is 3. The Morgan fingerprint density at radius 3 is 2.67 bits per heavy atom. The van der Waals surface area contributed by atoms with E-state index in [-0.39, 0.29) is 5.57 Å². The van der Waals surface area contributed by atoms with E-state index in [1.54, 1.807) is 26.1 Å². The normalized spacial score (nSPS) is 13.0. The van der Waals surface area contributed by atoms with Crippen molar-refractivity contribution in [2.45, 2.75) is 20.8 Å². The van der Waals surface area contributed by atoms with Gasteiger partial charge < -0.3 is 9.84 Å². The number of carboxylic acids is 1. The van der Waals surface area contributed by atoms with Gasteiger partial charge >= 0.3 is 5.97 Å². The number of ether oxygens (including phenoxy) is 1. The number of aliphatic carboxylic acids is 1. The Bertz CT molecular complexity index is 524. The van der Waals surface area contributed by atoms with E-state index < -0.39 is 5.97 Å².